The van der Waals surface area contributed by atoms with Crippen LogP contribution in [0.1, 0.15) is 41.6 Å². The number of hydrogen-bond donors (Lipinski definition) is 0. The monoisotopic (exact) mass is 220 g/mol. The van der Waals surface area contributed by atoms with Crippen molar-refractivity contribution in [3.8, 4) is 11.5 Å². The van der Waals surface area contributed by atoms with Gasteiger partial charge < -0.3 is 9.47 Å². The Bertz CT molecular complexity index is 423. The van der Waals surface area contributed by atoms with Gasteiger partial charge in [-0.2, -0.15) is 0 Å². The van der Waals surface area contributed by atoms with Gasteiger partial charge in [-0.25, -0.2) is 0 Å². The molecule has 0 aromatic heterocycles. The van der Waals surface area contributed by atoms with Crippen LogP contribution in [0.3, 0.4) is 0 Å². The molecule has 0 heterocycles. The van der Waals surface area contributed by atoms with E-state index in [0.717, 1.165) is 17.5 Å². The molecule has 0 saturated carbocycles. The quantitative estimate of drug-likeness (QED) is 0.785. The lowest BCUT2D eigenvalue weighted by molar-refractivity contribution is 0.0988. The Morgan fingerprint density at radius 2 is 1.88 bits per heavy atom. The number of carbonyl (C=O) groups is 1. The van der Waals surface area contributed by atoms with Crippen LogP contribution < -0.4 is 9.47 Å². The minimum atomic E-state index is 0.211. The van der Waals surface area contributed by atoms with E-state index in [2.05, 4.69) is 6.92 Å². The maximum Gasteiger partial charge on any atom is 0.163 e. The summed E-state index contributed by atoms with van der Waals surface area (Å²) in [6.45, 7) is 2.10. The molecule has 3 nitrogen and oxygen atoms in total. The molecule has 1 aliphatic carbocycles. The Balaban J connectivity index is 2.54. The molecule has 0 amide bonds. The number of ether oxygens (including phenoxy) is 2. The normalized spacial score (nSPS) is 18.4. The number of methoxy groups -OCH3 is 2. The minimum absolute atomic E-state index is 0.211. The third kappa shape index (κ3) is 1.56. The molecule has 3 heteroatoms. The number of fused-ring (bicyclic) bond motifs is 1. The van der Waals surface area contributed by atoms with Crippen LogP contribution in [0.2, 0.25) is 0 Å². The van der Waals surface area contributed by atoms with Crippen molar-refractivity contribution in [3.05, 3.63) is 23.3 Å². The molecule has 0 bridgehead atoms. The maximum atomic E-state index is 11.8. The van der Waals surface area contributed by atoms with Crippen LogP contribution in [-0.4, -0.2) is 20.0 Å². The van der Waals surface area contributed by atoms with E-state index in [4.69, 9.17) is 9.47 Å². The molecule has 1 aromatic rings. The first-order valence-corrected chi connectivity index (χ1v) is 5.50. The van der Waals surface area contributed by atoms with Crippen molar-refractivity contribution >= 4 is 5.78 Å². The minimum Gasteiger partial charge on any atom is -0.493 e. The highest BCUT2D eigenvalue weighted by atomic mass is 16.5. The summed E-state index contributed by atoms with van der Waals surface area (Å²) < 4.78 is 10.5. The number of rotatable bonds is 3. The fraction of sp³-hybridized carbons (Fsp3) is 0.462. The van der Waals surface area contributed by atoms with Gasteiger partial charge in [0.05, 0.1) is 14.2 Å². The number of benzene rings is 1. The molecule has 0 radical (unpaired) electrons. The largest absolute Gasteiger partial charge is 0.493 e. The predicted molar refractivity (Wildman–Crippen MR) is 61.5 cm³/mol. The lowest BCUT2D eigenvalue weighted by atomic mass is 9.98. The van der Waals surface area contributed by atoms with Crippen LogP contribution in [0.25, 0.3) is 0 Å². The van der Waals surface area contributed by atoms with Crippen LogP contribution in [0, 0.1) is 0 Å². The zero-order valence-electron chi connectivity index (χ0n) is 9.87. The van der Waals surface area contributed by atoms with Gasteiger partial charge in [-0.15, -0.1) is 0 Å². The summed E-state index contributed by atoms with van der Waals surface area (Å²) in [6.07, 6.45) is 1.59. The summed E-state index contributed by atoms with van der Waals surface area (Å²) in [6, 6.07) is 3.74. The Hall–Kier alpha value is -1.51. The average molecular weight is 220 g/mol. The predicted octanol–water partition coefficient (Wildman–Crippen LogP) is 2.78. The number of ketones is 1. The van der Waals surface area contributed by atoms with Crippen LogP contribution in [0.15, 0.2) is 12.1 Å². The van der Waals surface area contributed by atoms with Crippen LogP contribution in [0.5, 0.6) is 11.5 Å². The van der Waals surface area contributed by atoms with Gasteiger partial charge >= 0.3 is 0 Å². The fourth-order valence-electron chi connectivity index (χ4n) is 2.28. The Labute approximate surface area is 95.4 Å². The summed E-state index contributed by atoms with van der Waals surface area (Å²) in [5.74, 6) is 1.88. The van der Waals surface area contributed by atoms with E-state index < -0.39 is 0 Å². The van der Waals surface area contributed by atoms with E-state index in [1.807, 2.05) is 6.07 Å². The second-order valence-corrected chi connectivity index (χ2v) is 4.03. The van der Waals surface area contributed by atoms with Gasteiger partial charge in [0.25, 0.3) is 0 Å². The van der Waals surface area contributed by atoms with Gasteiger partial charge in [0.1, 0.15) is 0 Å². The Morgan fingerprint density at radius 3 is 2.44 bits per heavy atom. The summed E-state index contributed by atoms with van der Waals surface area (Å²) in [4.78, 5) is 11.8. The van der Waals surface area contributed by atoms with E-state index in [1.54, 1.807) is 20.3 Å². The van der Waals surface area contributed by atoms with E-state index in [1.165, 1.54) is 0 Å². The van der Waals surface area contributed by atoms with Crippen molar-refractivity contribution in [2.45, 2.75) is 25.7 Å². The van der Waals surface area contributed by atoms with Gasteiger partial charge in [-0.3, -0.25) is 4.79 Å². The lowest BCUT2D eigenvalue weighted by Gasteiger charge is -2.12. The molecule has 0 spiro atoms. The fourth-order valence-corrected chi connectivity index (χ4v) is 2.28. The van der Waals surface area contributed by atoms with Crippen LogP contribution in [0.4, 0.5) is 0 Å². The Kier molecular flexibility index (Phi) is 2.86. The molecule has 0 fully saturated rings. The third-order valence-electron chi connectivity index (χ3n) is 3.22. The van der Waals surface area contributed by atoms with Gasteiger partial charge in [-0.1, -0.05) is 6.92 Å². The second-order valence-electron chi connectivity index (χ2n) is 4.03. The van der Waals surface area contributed by atoms with E-state index in [9.17, 15) is 4.79 Å². The van der Waals surface area contributed by atoms with Gasteiger partial charge in [0.2, 0.25) is 0 Å². The summed E-state index contributed by atoms with van der Waals surface area (Å²) >= 11 is 0. The first kappa shape index (κ1) is 11.0. The lowest BCUT2D eigenvalue weighted by Crippen LogP contribution is -1.96. The topological polar surface area (TPSA) is 35.5 Å². The molecule has 1 aliphatic rings. The SMILES string of the molecule is CC[C@@H]1CC(=O)c2cc(OC)c(OC)cc21. The first-order valence-electron chi connectivity index (χ1n) is 5.50. The molecule has 86 valence electrons. The van der Waals surface area contributed by atoms with E-state index in [-0.39, 0.29) is 5.78 Å². The number of Topliss-reactive ketones (excluding diaryl/α,β-unsaturated/α-hetero) is 1. The zero-order chi connectivity index (χ0) is 11.7. The van der Waals surface area contributed by atoms with Crippen molar-refractivity contribution in [3.63, 3.8) is 0 Å². The van der Waals surface area contributed by atoms with Crippen LogP contribution >= 0.6 is 0 Å². The number of carbonyl (C=O) groups excluding carboxylic acids is 1. The van der Waals surface area contributed by atoms with Crippen molar-refractivity contribution in [1.29, 1.82) is 0 Å². The molecule has 0 unspecified atom stereocenters. The molecular weight excluding hydrogens is 204 g/mol. The van der Waals surface area contributed by atoms with Gasteiger partial charge in [0, 0.05) is 12.0 Å². The van der Waals surface area contributed by atoms with Gasteiger partial charge in [0.15, 0.2) is 17.3 Å². The maximum absolute atomic E-state index is 11.8. The second kappa shape index (κ2) is 4.16. The molecule has 1 atom stereocenters. The molecular formula is C13H16O3. The standard InChI is InChI=1S/C13H16O3/c1-4-8-5-11(14)10-7-13(16-3)12(15-2)6-9(8)10/h6-8H,4-5H2,1-3H3/t8-/m1/s1. The molecule has 0 aliphatic heterocycles. The highest BCUT2D eigenvalue weighted by Crippen LogP contribution is 2.41. The van der Waals surface area contributed by atoms with Crippen molar-refractivity contribution in [1.82, 2.24) is 0 Å². The third-order valence-corrected chi connectivity index (χ3v) is 3.22. The zero-order valence-corrected chi connectivity index (χ0v) is 9.87. The smallest absolute Gasteiger partial charge is 0.163 e. The number of hydrogen-bond acceptors (Lipinski definition) is 3. The highest BCUT2D eigenvalue weighted by molar-refractivity contribution is 6.02. The van der Waals surface area contributed by atoms with Gasteiger partial charge in [-0.05, 0) is 30.0 Å². The van der Waals surface area contributed by atoms with Crippen molar-refractivity contribution < 1.29 is 14.3 Å². The summed E-state index contributed by atoms with van der Waals surface area (Å²) in [5.41, 5.74) is 1.90. The van der Waals surface area contributed by atoms with Crippen molar-refractivity contribution in [2.24, 2.45) is 0 Å². The summed E-state index contributed by atoms with van der Waals surface area (Å²) in [7, 11) is 3.20. The average Bonchev–Trinajstić information content (AvgIpc) is 2.63. The molecule has 2 rings (SSSR count). The molecule has 16 heavy (non-hydrogen) atoms. The summed E-state index contributed by atoms with van der Waals surface area (Å²) in [5, 5.41) is 0. The van der Waals surface area contributed by atoms with E-state index >= 15 is 0 Å². The van der Waals surface area contributed by atoms with Crippen molar-refractivity contribution in [2.75, 3.05) is 14.2 Å². The molecule has 1 aromatic carbocycles. The van der Waals surface area contributed by atoms with Crippen LogP contribution in [-0.2, 0) is 0 Å². The molecule has 0 N–H and O–H groups in total. The van der Waals surface area contributed by atoms with E-state index in [0.29, 0.717) is 23.8 Å². The first-order chi connectivity index (χ1) is 7.71. The highest BCUT2D eigenvalue weighted by Gasteiger charge is 2.29. The Morgan fingerprint density at radius 1 is 1.25 bits per heavy atom. The molecule has 0 saturated heterocycles.